The van der Waals surface area contributed by atoms with Gasteiger partial charge < -0.3 is 9.97 Å². The van der Waals surface area contributed by atoms with E-state index in [1.165, 1.54) is 0 Å². The summed E-state index contributed by atoms with van der Waals surface area (Å²) in [7, 11) is 0. The molecule has 0 saturated heterocycles. The van der Waals surface area contributed by atoms with Crippen LogP contribution in [-0.4, -0.2) is 19.9 Å². The Labute approximate surface area is 154 Å². The Balaban J connectivity index is 0.00000157. The van der Waals surface area contributed by atoms with Gasteiger partial charge in [0, 0.05) is 39.1 Å². The molecule has 0 amide bonds. The minimum Gasteiger partial charge on any atom is -0.355 e. The minimum atomic E-state index is 0. The van der Waals surface area contributed by atoms with E-state index in [9.17, 15) is 0 Å². The molecule has 5 heterocycles. The quantitative estimate of drug-likeness (QED) is 0.388. The third kappa shape index (κ3) is 3.20. The molecule has 0 spiro atoms. The minimum absolute atomic E-state index is 0. The van der Waals surface area contributed by atoms with E-state index in [2.05, 4.69) is 50.3 Å². The number of nitrogens with one attached hydrogen (secondary N) is 2. The molecule has 125 valence electrons. The van der Waals surface area contributed by atoms with Gasteiger partial charge in [-0.25, -0.2) is 9.97 Å². The van der Waals surface area contributed by atoms with E-state index in [0.717, 1.165) is 44.8 Å². The van der Waals surface area contributed by atoms with Crippen molar-refractivity contribution >= 4 is 46.4 Å². The molecular weight excluding hydrogens is 360 g/mol. The summed E-state index contributed by atoms with van der Waals surface area (Å²) in [6.45, 7) is 0. The predicted molar refractivity (Wildman–Crippen MR) is 98.9 cm³/mol. The fourth-order valence-electron chi connectivity index (χ4n) is 2.94. The molecule has 2 aliphatic rings. The van der Waals surface area contributed by atoms with Crippen LogP contribution in [-0.2, 0) is 17.1 Å². The van der Waals surface area contributed by atoms with Crippen molar-refractivity contribution in [3.8, 4) is 0 Å². The molecule has 8 bridgehead atoms. The second-order valence-electron chi connectivity index (χ2n) is 5.91. The zero-order valence-electron chi connectivity index (χ0n) is 13.1. The van der Waals surface area contributed by atoms with E-state index >= 15 is 0 Å². The molecule has 5 rings (SSSR count). The van der Waals surface area contributed by atoms with Gasteiger partial charge in [-0.1, -0.05) is 0 Å². The molecule has 0 saturated carbocycles. The van der Waals surface area contributed by atoms with Crippen molar-refractivity contribution in [2.45, 2.75) is 0 Å². The van der Waals surface area contributed by atoms with Gasteiger partial charge in [0.1, 0.15) is 0 Å². The first-order valence-corrected chi connectivity index (χ1v) is 7.85. The summed E-state index contributed by atoms with van der Waals surface area (Å²) in [5.74, 6) is 0. The van der Waals surface area contributed by atoms with Crippen molar-refractivity contribution in [2.24, 2.45) is 0 Å². The predicted octanol–water partition coefficient (Wildman–Crippen LogP) is 4.65. The number of aromatic nitrogens is 4. The molecule has 0 unspecified atom stereocenters. The molecule has 3 aromatic rings. The summed E-state index contributed by atoms with van der Waals surface area (Å²) in [6.07, 6.45) is 8.05. The van der Waals surface area contributed by atoms with Crippen LogP contribution < -0.4 is 0 Å². The molecule has 0 atom stereocenters. The molecule has 0 aliphatic carbocycles. The van der Waals surface area contributed by atoms with Gasteiger partial charge in [0.25, 0.3) is 0 Å². The zero-order chi connectivity index (χ0) is 15.9. The van der Waals surface area contributed by atoms with Gasteiger partial charge in [-0.3, -0.25) is 0 Å². The van der Waals surface area contributed by atoms with E-state index in [-0.39, 0.29) is 17.1 Å². The second kappa shape index (κ2) is 6.20. The third-order valence-electron chi connectivity index (χ3n) is 4.04. The van der Waals surface area contributed by atoms with Crippen LogP contribution in [0.25, 0.3) is 46.4 Å². The maximum atomic E-state index is 4.62. The Morgan fingerprint density at radius 1 is 0.480 bits per heavy atom. The molecule has 1 radical (unpaired) electrons. The topological polar surface area (TPSA) is 57.4 Å². The normalized spacial score (nSPS) is 12.2. The molecular formula is C20H14CuN4. The van der Waals surface area contributed by atoms with Gasteiger partial charge in [0.15, 0.2) is 0 Å². The average Bonchev–Trinajstić information content (AvgIpc) is 3.32. The molecule has 0 aromatic carbocycles. The number of hydrogen-bond donors (Lipinski definition) is 2. The van der Waals surface area contributed by atoms with Crippen LogP contribution >= 0.6 is 0 Å². The fourth-order valence-corrected chi connectivity index (χ4v) is 2.94. The van der Waals surface area contributed by atoms with E-state index in [4.69, 9.17) is 0 Å². The first-order valence-electron chi connectivity index (χ1n) is 7.85. The maximum Gasteiger partial charge on any atom is 0.0659 e. The Morgan fingerprint density at radius 3 is 1.28 bits per heavy atom. The second-order valence-corrected chi connectivity index (χ2v) is 5.91. The van der Waals surface area contributed by atoms with Crippen LogP contribution in [0.3, 0.4) is 0 Å². The monoisotopic (exact) mass is 373 g/mol. The van der Waals surface area contributed by atoms with Crippen molar-refractivity contribution in [1.82, 2.24) is 19.9 Å². The van der Waals surface area contributed by atoms with E-state index < -0.39 is 0 Å². The summed E-state index contributed by atoms with van der Waals surface area (Å²) in [4.78, 5) is 16.0. The summed E-state index contributed by atoms with van der Waals surface area (Å²) < 4.78 is 0. The van der Waals surface area contributed by atoms with Crippen LogP contribution in [0, 0.1) is 0 Å². The largest absolute Gasteiger partial charge is 0.355 e. The van der Waals surface area contributed by atoms with Crippen LogP contribution in [0.5, 0.6) is 0 Å². The van der Waals surface area contributed by atoms with Crippen molar-refractivity contribution in [3.63, 3.8) is 0 Å². The number of rotatable bonds is 0. The number of aromatic amines is 2. The molecule has 25 heavy (non-hydrogen) atoms. The summed E-state index contributed by atoms with van der Waals surface area (Å²) in [6, 6.07) is 16.4. The van der Waals surface area contributed by atoms with Crippen molar-refractivity contribution in [3.05, 3.63) is 71.3 Å². The van der Waals surface area contributed by atoms with Gasteiger partial charge in [0.05, 0.1) is 22.8 Å². The van der Waals surface area contributed by atoms with Gasteiger partial charge in [-0.15, -0.1) is 0 Å². The number of H-pyrrole nitrogens is 2. The first-order chi connectivity index (χ1) is 11.8. The molecule has 5 heteroatoms. The van der Waals surface area contributed by atoms with Gasteiger partial charge >= 0.3 is 0 Å². The van der Waals surface area contributed by atoms with Crippen molar-refractivity contribution < 1.29 is 17.1 Å². The molecule has 4 nitrogen and oxygen atoms in total. The summed E-state index contributed by atoms with van der Waals surface area (Å²) in [5.41, 5.74) is 7.86. The van der Waals surface area contributed by atoms with Crippen molar-refractivity contribution in [1.29, 1.82) is 0 Å². The fraction of sp³-hybridized carbons (Fsp3) is 0. The first kappa shape index (κ1) is 15.6. The van der Waals surface area contributed by atoms with E-state index in [1.807, 2.05) is 42.5 Å². The number of nitrogens with zero attached hydrogens (tertiary/aromatic N) is 2. The number of hydrogen-bond acceptors (Lipinski definition) is 2. The standard InChI is InChI=1S/C20H14N4.Cu/c1-2-14-10-16-5-6-18(23-16)12-20-8-7-19(24-20)11-17-4-3-15(22-17)9-13(1)21-14;/h1-12,21-22H;. The van der Waals surface area contributed by atoms with Gasteiger partial charge in [-0.05, 0) is 72.8 Å². The molecule has 3 aromatic heterocycles. The van der Waals surface area contributed by atoms with Crippen LogP contribution in [0.4, 0.5) is 0 Å². The number of fused-ring (bicyclic) bond motifs is 8. The maximum absolute atomic E-state index is 4.62. The Kier molecular flexibility index (Phi) is 3.88. The van der Waals surface area contributed by atoms with Crippen LogP contribution in [0.1, 0.15) is 22.8 Å². The third-order valence-corrected chi connectivity index (χ3v) is 4.04. The Bertz CT molecular complexity index is 1080. The molecule has 2 N–H and O–H groups in total. The van der Waals surface area contributed by atoms with E-state index in [0.29, 0.717) is 0 Å². The Hall–Kier alpha value is -2.88. The van der Waals surface area contributed by atoms with Gasteiger partial charge in [0.2, 0.25) is 0 Å². The zero-order valence-corrected chi connectivity index (χ0v) is 14.1. The van der Waals surface area contributed by atoms with Crippen molar-refractivity contribution in [2.75, 3.05) is 0 Å². The van der Waals surface area contributed by atoms with Gasteiger partial charge in [-0.2, -0.15) is 0 Å². The van der Waals surface area contributed by atoms with Crippen LogP contribution in [0.2, 0.25) is 0 Å². The van der Waals surface area contributed by atoms with Crippen LogP contribution in [0.15, 0.2) is 48.5 Å². The molecule has 2 aliphatic heterocycles. The summed E-state index contributed by atoms with van der Waals surface area (Å²) >= 11 is 0. The SMILES string of the molecule is C1=Cc2cc3ccc(cc4ccc(cc5nc(cc1n2)C=C5)[nH]4)[nH]3.[Cu]. The molecule has 0 fully saturated rings. The summed E-state index contributed by atoms with van der Waals surface area (Å²) in [5, 5.41) is 0. The smallest absolute Gasteiger partial charge is 0.0659 e. The van der Waals surface area contributed by atoms with E-state index in [1.54, 1.807) is 0 Å². The Morgan fingerprint density at radius 2 is 0.840 bits per heavy atom. The average molecular weight is 374 g/mol.